The number of nitrogens with one attached hydrogen (secondary N) is 1. The first-order valence-electron chi connectivity index (χ1n) is 9.70. The molecule has 0 saturated heterocycles. The molecule has 0 fully saturated rings. The highest BCUT2D eigenvalue weighted by Crippen LogP contribution is 2.23. The monoisotopic (exact) mass is 434 g/mol. The van der Waals surface area contributed by atoms with E-state index in [1.165, 1.54) is 0 Å². The number of carbonyl (C=O) groups excluding carboxylic acids is 2. The minimum absolute atomic E-state index is 0.0993. The van der Waals surface area contributed by atoms with Gasteiger partial charge in [-0.05, 0) is 50.5 Å². The molecule has 0 aliphatic carbocycles. The zero-order valence-corrected chi connectivity index (χ0v) is 18.8. The highest BCUT2D eigenvalue weighted by molar-refractivity contribution is 6.35. The summed E-state index contributed by atoms with van der Waals surface area (Å²) in [5, 5.41) is 3.96. The minimum atomic E-state index is -0.576. The van der Waals surface area contributed by atoms with E-state index in [4.69, 9.17) is 23.2 Å². The van der Waals surface area contributed by atoms with E-state index in [2.05, 4.69) is 5.32 Å². The van der Waals surface area contributed by atoms with Gasteiger partial charge in [0.05, 0.1) is 6.42 Å². The van der Waals surface area contributed by atoms with Crippen LogP contribution in [0.25, 0.3) is 0 Å². The number of hydrogen-bond acceptors (Lipinski definition) is 2. The van der Waals surface area contributed by atoms with Crippen molar-refractivity contribution in [2.24, 2.45) is 0 Å². The second-order valence-corrected chi connectivity index (χ2v) is 8.93. The van der Waals surface area contributed by atoms with Crippen molar-refractivity contribution in [2.75, 3.05) is 0 Å². The quantitative estimate of drug-likeness (QED) is 0.645. The van der Waals surface area contributed by atoms with Crippen LogP contribution >= 0.6 is 23.2 Å². The smallest absolute Gasteiger partial charge is 0.243 e. The number of rotatable bonds is 7. The summed E-state index contributed by atoms with van der Waals surface area (Å²) < 4.78 is 0. The maximum Gasteiger partial charge on any atom is 0.243 e. The van der Waals surface area contributed by atoms with Crippen LogP contribution < -0.4 is 5.32 Å². The van der Waals surface area contributed by atoms with Gasteiger partial charge in [0.2, 0.25) is 11.8 Å². The summed E-state index contributed by atoms with van der Waals surface area (Å²) in [6, 6.07) is 14.2. The molecule has 2 aromatic rings. The van der Waals surface area contributed by atoms with E-state index in [-0.39, 0.29) is 23.8 Å². The maximum absolute atomic E-state index is 13.3. The van der Waals surface area contributed by atoms with E-state index in [0.717, 1.165) is 5.56 Å². The van der Waals surface area contributed by atoms with Crippen molar-refractivity contribution in [3.05, 3.63) is 69.7 Å². The zero-order chi connectivity index (χ0) is 21.6. The van der Waals surface area contributed by atoms with E-state index in [1.54, 1.807) is 23.1 Å². The van der Waals surface area contributed by atoms with Gasteiger partial charge < -0.3 is 10.2 Å². The van der Waals surface area contributed by atoms with Crippen molar-refractivity contribution in [2.45, 2.75) is 58.7 Å². The molecule has 2 rings (SSSR count). The standard InChI is InChI=1S/C23H28Cl2N2O2/c1-5-20(22(29)26-23(2,3)4)27(15-16-9-7-6-8-10-16)21(28)13-17-11-12-18(24)14-19(17)25/h6-12,14,20H,5,13,15H2,1-4H3,(H,26,29). The first-order valence-corrected chi connectivity index (χ1v) is 10.5. The van der Waals surface area contributed by atoms with E-state index < -0.39 is 6.04 Å². The predicted octanol–water partition coefficient (Wildman–Crippen LogP) is 5.26. The highest BCUT2D eigenvalue weighted by atomic mass is 35.5. The molecule has 0 bridgehead atoms. The molecule has 1 atom stereocenters. The van der Waals surface area contributed by atoms with Crippen LogP contribution in [0.3, 0.4) is 0 Å². The molecule has 6 heteroatoms. The summed E-state index contributed by atoms with van der Waals surface area (Å²) in [7, 11) is 0. The third-order valence-electron chi connectivity index (χ3n) is 4.44. The largest absolute Gasteiger partial charge is 0.350 e. The lowest BCUT2D eigenvalue weighted by molar-refractivity contribution is -0.141. The van der Waals surface area contributed by atoms with Crippen molar-refractivity contribution in [1.82, 2.24) is 10.2 Å². The van der Waals surface area contributed by atoms with Crippen molar-refractivity contribution in [3.63, 3.8) is 0 Å². The predicted molar refractivity (Wildman–Crippen MR) is 119 cm³/mol. The number of amides is 2. The first kappa shape index (κ1) is 23.2. The number of carbonyl (C=O) groups is 2. The average molecular weight is 435 g/mol. The molecule has 0 aromatic heterocycles. The van der Waals surface area contributed by atoms with Crippen molar-refractivity contribution in [1.29, 1.82) is 0 Å². The molecule has 0 aliphatic heterocycles. The Kier molecular flexibility index (Phi) is 8.12. The van der Waals surface area contributed by atoms with Gasteiger partial charge in [0.15, 0.2) is 0 Å². The fraction of sp³-hybridized carbons (Fsp3) is 0.391. The van der Waals surface area contributed by atoms with Crippen LogP contribution in [-0.2, 0) is 22.6 Å². The zero-order valence-electron chi connectivity index (χ0n) is 17.3. The highest BCUT2D eigenvalue weighted by Gasteiger charge is 2.30. The van der Waals surface area contributed by atoms with Gasteiger partial charge in [0, 0.05) is 22.1 Å². The van der Waals surface area contributed by atoms with Gasteiger partial charge in [0.1, 0.15) is 6.04 Å². The lowest BCUT2D eigenvalue weighted by atomic mass is 10.0. The molecule has 0 heterocycles. The molecular weight excluding hydrogens is 407 g/mol. The van der Waals surface area contributed by atoms with Crippen molar-refractivity contribution in [3.8, 4) is 0 Å². The Balaban J connectivity index is 2.32. The van der Waals surface area contributed by atoms with Crippen LogP contribution in [0.2, 0.25) is 10.0 Å². The van der Waals surface area contributed by atoms with Gasteiger partial charge in [-0.25, -0.2) is 0 Å². The summed E-state index contributed by atoms with van der Waals surface area (Å²) in [6.07, 6.45) is 0.608. The minimum Gasteiger partial charge on any atom is -0.350 e. The Morgan fingerprint density at radius 3 is 2.28 bits per heavy atom. The Bertz CT molecular complexity index is 848. The maximum atomic E-state index is 13.3. The Labute approximate surface area is 183 Å². The molecule has 0 spiro atoms. The molecule has 0 saturated carbocycles. The van der Waals surface area contributed by atoms with Gasteiger partial charge in [-0.3, -0.25) is 9.59 Å². The van der Waals surface area contributed by atoms with E-state index in [9.17, 15) is 9.59 Å². The fourth-order valence-corrected chi connectivity index (χ4v) is 3.56. The van der Waals surface area contributed by atoms with Crippen molar-refractivity contribution < 1.29 is 9.59 Å². The summed E-state index contributed by atoms with van der Waals surface area (Å²) >= 11 is 12.2. The van der Waals surface area contributed by atoms with Gasteiger partial charge in [-0.15, -0.1) is 0 Å². The van der Waals surface area contributed by atoms with Crippen LogP contribution in [0.1, 0.15) is 45.2 Å². The lowest BCUT2D eigenvalue weighted by Gasteiger charge is -2.33. The molecular formula is C23H28Cl2N2O2. The Morgan fingerprint density at radius 2 is 1.72 bits per heavy atom. The van der Waals surface area contributed by atoms with Gasteiger partial charge in [-0.2, -0.15) is 0 Å². The van der Waals surface area contributed by atoms with Crippen LogP contribution in [0.15, 0.2) is 48.5 Å². The van der Waals surface area contributed by atoms with E-state index in [1.807, 2.05) is 58.0 Å². The number of benzene rings is 2. The molecule has 29 heavy (non-hydrogen) atoms. The summed E-state index contributed by atoms with van der Waals surface area (Å²) in [5.74, 6) is -0.319. The third kappa shape index (κ3) is 7.06. The third-order valence-corrected chi connectivity index (χ3v) is 5.02. The average Bonchev–Trinajstić information content (AvgIpc) is 2.63. The molecule has 156 valence electrons. The molecule has 4 nitrogen and oxygen atoms in total. The van der Waals surface area contributed by atoms with E-state index in [0.29, 0.717) is 28.6 Å². The molecule has 0 aliphatic rings. The molecule has 2 aromatic carbocycles. The summed E-state index contributed by atoms with van der Waals surface area (Å²) in [4.78, 5) is 27.9. The second kappa shape index (κ2) is 10.1. The van der Waals surface area contributed by atoms with Crippen LogP contribution in [0.5, 0.6) is 0 Å². The summed E-state index contributed by atoms with van der Waals surface area (Å²) in [6.45, 7) is 8.03. The van der Waals surface area contributed by atoms with E-state index >= 15 is 0 Å². The lowest BCUT2D eigenvalue weighted by Crippen LogP contribution is -2.53. The topological polar surface area (TPSA) is 49.4 Å². The normalized spacial score (nSPS) is 12.3. The van der Waals surface area contributed by atoms with Crippen LogP contribution in [-0.4, -0.2) is 28.3 Å². The molecule has 2 amide bonds. The molecule has 1 N–H and O–H groups in total. The van der Waals surface area contributed by atoms with Crippen LogP contribution in [0.4, 0.5) is 0 Å². The number of hydrogen-bond donors (Lipinski definition) is 1. The van der Waals surface area contributed by atoms with Crippen molar-refractivity contribution >= 4 is 35.0 Å². The van der Waals surface area contributed by atoms with Gasteiger partial charge >= 0.3 is 0 Å². The van der Waals surface area contributed by atoms with Gasteiger partial charge in [-0.1, -0.05) is 66.5 Å². The Morgan fingerprint density at radius 1 is 1.07 bits per heavy atom. The fourth-order valence-electron chi connectivity index (χ4n) is 3.08. The molecule has 0 radical (unpaired) electrons. The Hall–Kier alpha value is -2.04. The summed E-state index contributed by atoms with van der Waals surface area (Å²) in [5.41, 5.74) is 1.26. The van der Waals surface area contributed by atoms with Crippen LogP contribution in [0, 0.1) is 0 Å². The second-order valence-electron chi connectivity index (χ2n) is 8.08. The first-order chi connectivity index (χ1) is 13.6. The number of halogens is 2. The van der Waals surface area contributed by atoms with Gasteiger partial charge in [0.25, 0.3) is 0 Å². The molecule has 1 unspecified atom stereocenters. The number of nitrogens with zero attached hydrogens (tertiary/aromatic N) is 1. The SMILES string of the molecule is CCC(C(=O)NC(C)(C)C)N(Cc1ccccc1)C(=O)Cc1ccc(Cl)cc1Cl.